The zero-order valence-electron chi connectivity index (χ0n) is 13.9. The van der Waals surface area contributed by atoms with Crippen LogP contribution in [-0.4, -0.2) is 41.3 Å². The number of fused-ring (bicyclic) bond motifs is 1. The fourth-order valence-electron chi connectivity index (χ4n) is 2.87. The van der Waals surface area contributed by atoms with Gasteiger partial charge in [-0.05, 0) is 19.1 Å². The molecule has 0 unspecified atom stereocenters. The van der Waals surface area contributed by atoms with Gasteiger partial charge in [-0.3, -0.25) is 4.98 Å². The van der Waals surface area contributed by atoms with E-state index in [-0.39, 0.29) is 16.8 Å². The van der Waals surface area contributed by atoms with Crippen molar-refractivity contribution in [3.05, 3.63) is 42.0 Å². The van der Waals surface area contributed by atoms with Crippen LogP contribution < -0.4 is 10.0 Å². The third kappa shape index (κ3) is 2.75. The second-order valence-corrected chi connectivity index (χ2v) is 7.78. The zero-order valence-corrected chi connectivity index (χ0v) is 14.7. The lowest BCUT2D eigenvalue weighted by Crippen LogP contribution is -2.40. The Balaban J connectivity index is 1.73. The van der Waals surface area contributed by atoms with Crippen molar-refractivity contribution in [2.24, 2.45) is 7.05 Å². The van der Waals surface area contributed by atoms with E-state index in [1.165, 1.54) is 4.68 Å². The van der Waals surface area contributed by atoms with Crippen LogP contribution in [-0.2, 0) is 17.1 Å². The van der Waals surface area contributed by atoms with Gasteiger partial charge < -0.3 is 5.32 Å². The number of nitrogens with one attached hydrogen (secondary N) is 2. The van der Waals surface area contributed by atoms with Gasteiger partial charge in [-0.1, -0.05) is 12.1 Å². The fourth-order valence-corrected chi connectivity index (χ4v) is 4.12. The minimum atomic E-state index is -3.80. The SMILES string of the molecule is Cc1nccc2c(S(=O)(=O)Nc3nc(C4CNC4)nn3C)cccc12. The van der Waals surface area contributed by atoms with Gasteiger partial charge in [-0.2, -0.15) is 10.1 Å². The van der Waals surface area contributed by atoms with Crippen LogP contribution in [0.3, 0.4) is 0 Å². The van der Waals surface area contributed by atoms with Gasteiger partial charge in [-0.15, -0.1) is 0 Å². The molecule has 0 aliphatic carbocycles. The van der Waals surface area contributed by atoms with E-state index in [0.717, 1.165) is 24.2 Å². The second-order valence-electron chi connectivity index (χ2n) is 6.13. The summed E-state index contributed by atoms with van der Waals surface area (Å²) in [4.78, 5) is 8.77. The van der Waals surface area contributed by atoms with E-state index in [4.69, 9.17) is 0 Å². The van der Waals surface area contributed by atoms with Crippen LogP contribution in [0.25, 0.3) is 10.8 Å². The number of anilines is 1. The second kappa shape index (κ2) is 5.78. The largest absolute Gasteiger partial charge is 0.315 e. The van der Waals surface area contributed by atoms with E-state index < -0.39 is 10.0 Å². The van der Waals surface area contributed by atoms with Crippen LogP contribution in [0.15, 0.2) is 35.4 Å². The first kappa shape index (κ1) is 16.0. The summed E-state index contributed by atoms with van der Waals surface area (Å²) in [6.45, 7) is 3.48. The summed E-state index contributed by atoms with van der Waals surface area (Å²) in [5.41, 5.74) is 0.785. The van der Waals surface area contributed by atoms with Crippen LogP contribution >= 0.6 is 0 Å². The molecule has 0 radical (unpaired) electrons. The van der Waals surface area contributed by atoms with Crippen molar-refractivity contribution in [3.8, 4) is 0 Å². The van der Waals surface area contributed by atoms with E-state index in [9.17, 15) is 8.42 Å². The Kier molecular flexibility index (Phi) is 3.69. The highest BCUT2D eigenvalue weighted by atomic mass is 32.2. The highest BCUT2D eigenvalue weighted by molar-refractivity contribution is 7.93. The Bertz CT molecular complexity index is 1060. The van der Waals surface area contributed by atoms with Gasteiger partial charge >= 0.3 is 0 Å². The number of rotatable bonds is 4. The molecule has 0 atom stereocenters. The number of aryl methyl sites for hydroxylation is 2. The predicted octanol–water partition coefficient (Wildman–Crippen LogP) is 1.16. The van der Waals surface area contributed by atoms with Crippen molar-refractivity contribution in [2.45, 2.75) is 17.7 Å². The van der Waals surface area contributed by atoms with Gasteiger partial charge in [-0.25, -0.2) is 17.8 Å². The molecular weight excluding hydrogens is 340 g/mol. The lowest BCUT2D eigenvalue weighted by atomic mass is 10.0. The molecule has 1 aliphatic rings. The number of sulfonamides is 1. The summed E-state index contributed by atoms with van der Waals surface area (Å²) in [5, 5.41) is 8.91. The van der Waals surface area contributed by atoms with Crippen LogP contribution in [0, 0.1) is 6.92 Å². The number of hydrogen-bond donors (Lipinski definition) is 2. The number of pyridine rings is 1. The molecule has 130 valence electrons. The molecule has 1 aliphatic heterocycles. The van der Waals surface area contributed by atoms with Crippen LogP contribution in [0.5, 0.6) is 0 Å². The van der Waals surface area contributed by atoms with E-state index in [0.29, 0.717) is 11.2 Å². The Morgan fingerprint density at radius 1 is 1.24 bits per heavy atom. The van der Waals surface area contributed by atoms with Crippen molar-refractivity contribution in [3.63, 3.8) is 0 Å². The lowest BCUT2D eigenvalue weighted by Gasteiger charge is -2.23. The molecule has 8 nitrogen and oxygen atoms in total. The highest BCUT2D eigenvalue weighted by Gasteiger charge is 2.26. The van der Waals surface area contributed by atoms with Crippen molar-refractivity contribution >= 4 is 26.7 Å². The number of hydrogen-bond acceptors (Lipinski definition) is 6. The average Bonchev–Trinajstić information content (AvgIpc) is 2.85. The third-order valence-electron chi connectivity index (χ3n) is 4.41. The van der Waals surface area contributed by atoms with E-state index in [1.54, 1.807) is 31.4 Å². The number of aromatic nitrogens is 4. The smallest absolute Gasteiger partial charge is 0.264 e. The van der Waals surface area contributed by atoms with E-state index >= 15 is 0 Å². The molecule has 3 aromatic rings. The molecular formula is C16H18N6O2S. The molecule has 0 bridgehead atoms. The van der Waals surface area contributed by atoms with Crippen LogP contribution in [0.2, 0.25) is 0 Å². The summed E-state index contributed by atoms with van der Waals surface area (Å²) in [6, 6.07) is 6.87. The Morgan fingerprint density at radius 3 is 2.76 bits per heavy atom. The fraction of sp³-hybridized carbons (Fsp3) is 0.312. The van der Waals surface area contributed by atoms with Crippen molar-refractivity contribution in [1.82, 2.24) is 25.1 Å². The third-order valence-corrected chi connectivity index (χ3v) is 5.79. The molecule has 2 N–H and O–H groups in total. The van der Waals surface area contributed by atoms with Gasteiger partial charge in [0.1, 0.15) is 0 Å². The molecule has 9 heteroatoms. The van der Waals surface area contributed by atoms with Crippen LogP contribution in [0.4, 0.5) is 5.95 Å². The van der Waals surface area contributed by atoms with E-state index in [2.05, 4.69) is 25.1 Å². The van der Waals surface area contributed by atoms with E-state index in [1.807, 2.05) is 13.0 Å². The summed E-state index contributed by atoms with van der Waals surface area (Å²) in [5.74, 6) is 1.09. The first-order valence-electron chi connectivity index (χ1n) is 7.94. The Labute approximate surface area is 145 Å². The molecule has 3 heterocycles. The molecule has 1 aromatic carbocycles. The first-order chi connectivity index (χ1) is 12.0. The minimum absolute atomic E-state index is 0.199. The van der Waals surface area contributed by atoms with Crippen molar-refractivity contribution in [1.29, 1.82) is 0 Å². The maximum atomic E-state index is 12.9. The normalized spacial score (nSPS) is 15.3. The highest BCUT2D eigenvalue weighted by Crippen LogP contribution is 2.26. The van der Waals surface area contributed by atoms with Crippen molar-refractivity contribution < 1.29 is 8.42 Å². The Hall–Kier alpha value is -2.52. The average molecular weight is 358 g/mol. The summed E-state index contributed by atoms with van der Waals surface area (Å²) in [6.07, 6.45) is 1.61. The summed E-state index contributed by atoms with van der Waals surface area (Å²) in [7, 11) is -2.12. The molecule has 0 spiro atoms. The van der Waals surface area contributed by atoms with Crippen molar-refractivity contribution in [2.75, 3.05) is 17.8 Å². The molecule has 25 heavy (non-hydrogen) atoms. The van der Waals surface area contributed by atoms with Crippen LogP contribution in [0.1, 0.15) is 17.4 Å². The maximum Gasteiger partial charge on any atom is 0.264 e. The molecule has 0 saturated carbocycles. The van der Waals surface area contributed by atoms with Gasteiger partial charge in [0.15, 0.2) is 5.82 Å². The monoisotopic (exact) mass is 358 g/mol. The number of nitrogens with zero attached hydrogens (tertiary/aromatic N) is 4. The molecule has 4 rings (SSSR count). The topological polar surface area (TPSA) is 102 Å². The minimum Gasteiger partial charge on any atom is -0.315 e. The lowest BCUT2D eigenvalue weighted by molar-refractivity contribution is 0.428. The Morgan fingerprint density at radius 2 is 2.04 bits per heavy atom. The zero-order chi connectivity index (χ0) is 17.6. The molecule has 0 amide bonds. The summed E-state index contributed by atoms with van der Waals surface area (Å²) < 4.78 is 29.9. The van der Waals surface area contributed by atoms with Gasteiger partial charge in [0, 0.05) is 48.7 Å². The van der Waals surface area contributed by atoms with Gasteiger partial charge in [0.05, 0.1) is 4.90 Å². The molecule has 1 saturated heterocycles. The molecule has 1 fully saturated rings. The first-order valence-corrected chi connectivity index (χ1v) is 9.43. The quantitative estimate of drug-likeness (QED) is 0.726. The number of benzene rings is 1. The van der Waals surface area contributed by atoms with Gasteiger partial charge in [0.2, 0.25) is 5.95 Å². The maximum absolute atomic E-state index is 12.9. The summed E-state index contributed by atoms with van der Waals surface area (Å²) >= 11 is 0. The molecule has 2 aromatic heterocycles. The predicted molar refractivity (Wildman–Crippen MR) is 93.9 cm³/mol. The van der Waals surface area contributed by atoms with Gasteiger partial charge in [0.25, 0.3) is 10.0 Å². The standard InChI is InChI=1S/C16H18N6O2S/c1-10-12-4-3-5-14(13(12)6-7-18-10)25(23,24)21-16-19-15(20-22(16)2)11-8-17-9-11/h3-7,11,17H,8-9H2,1-2H3,(H,19,20,21).